The smallest absolute Gasteiger partial charge is 0.264 e. The maximum Gasteiger partial charge on any atom is 0.264 e. The van der Waals surface area contributed by atoms with E-state index in [0.29, 0.717) is 0 Å². The van der Waals surface area contributed by atoms with Crippen molar-refractivity contribution in [1.29, 1.82) is 0 Å². The lowest BCUT2D eigenvalue weighted by molar-refractivity contribution is 0.150. The van der Waals surface area contributed by atoms with Crippen LogP contribution in [0.25, 0.3) is 0 Å². The van der Waals surface area contributed by atoms with Crippen LogP contribution in [0.5, 0.6) is 0 Å². The lowest BCUT2D eigenvalue weighted by atomic mass is 10.1. The highest BCUT2D eigenvalue weighted by molar-refractivity contribution is 9.08. The fourth-order valence-electron chi connectivity index (χ4n) is 0.906. The molecule has 0 saturated carbocycles. The van der Waals surface area contributed by atoms with Gasteiger partial charge in [-0.25, -0.2) is 13.8 Å². The van der Waals surface area contributed by atoms with Gasteiger partial charge in [-0.3, -0.25) is 0 Å². The summed E-state index contributed by atoms with van der Waals surface area (Å²) in [6, 6.07) is 1.13. The van der Waals surface area contributed by atoms with Crippen LogP contribution in [0.4, 0.5) is 14.6 Å². The zero-order valence-corrected chi connectivity index (χ0v) is 8.74. The predicted molar refractivity (Wildman–Crippen MR) is 51.2 cm³/mol. The second-order valence-corrected chi connectivity index (χ2v) is 3.26. The zero-order chi connectivity index (χ0) is 10.0. The van der Waals surface area contributed by atoms with Crippen molar-refractivity contribution in [2.45, 2.75) is 11.8 Å². The third-order valence-corrected chi connectivity index (χ3v) is 2.37. The van der Waals surface area contributed by atoms with Crippen LogP contribution in [0.1, 0.15) is 17.6 Å². The van der Waals surface area contributed by atoms with E-state index >= 15 is 0 Å². The van der Waals surface area contributed by atoms with E-state index in [9.17, 15) is 8.78 Å². The van der Waals surface area contributed by atoms with Gasteiger partial charge in [0.15, 0.2) is 0 Å². The first kappa shape index (κ1) is 10.7. The topological polar surface area (TPSA) is 38.9 Å². The first-order valence-electron chi connectivity index (χ1n) is 3.35. The maximum absolute atomic E-state index is 12.4. The van der Waals surface area contributed by atoms with E-state index in [-0.39, 0.29) is 27.4 Å². The summed E-state index contributed by atoms with van der Waals surface area (Å²) in [5.41, 5.74) is 5.39. The molecule has 0 saturated heterocycles. The quantitative estimate of drug-likeness (QED) is 0.663. The number of nitrogen functional groups attached to an aromatic ring is 1. The highest BCUT2D eigenvalue weighted by atomic mass is 79.9. The van der Waals surface area contributed by atoms with E-state index in [1.165, 1.54) is 0 Å². The number of halogens is 4. The van der Waals surface area contributed by atoms with Gasteiger partial charge in [-0.1, -0.05) is 27.5 Å². The zero-order valence-electron chi connectivity index (χ0n) is 6.40. The van der Waals surface area contributed by atoms with Crippen LogP contribution in [0, 0.1) is 0 Å². The van der Waals surface area contributed by atoms with Crippen LogP contribution in [0.15, 0.2) is 6.07 Å². The SMILES string of the molecule is Nc1cc(C(F)F)c(CBr)c(Cl)n1. The Labute approximate surface area is 87.2 Å². The molecule has 2 nitrogen and oxygen atoms in total. The largest absolute Gasteiger partial charge is 0.384 e. The Bertz CT molecular complexity index is 320. The van der Waals surface area contributed by atoms with Crippen LogP contribution in [0.2, 0.25) is 5.15 Å². The maximum atomic E-state index is 12.4. The van der Waals surface area contributed by atoms with E-state index in [1.807, 2.05) is 0 Å². The van der Waals surface area contributed by atoms with Crippen LogP contribution >= 0.6 is 27.5 Å². The van der Waals surface area contributed by atoms with Crippen molar-refractivity contribution in [3.63, 3.8) is 0 Å². The molecule has 1 aromatic heterocycles. The molecule has 72 valence electrons. The Morgan fingerprint density at radius 1 is 1.62 bits per heavy atom. The van der Waals surface area contributed by atoms with Gasteiger partial charge in [0.05, 0.1) is 0 Å². The second-order valence-electron chi connectivity index (χ2n) is 2.34. The number of nitrogens with two attached hydrogens (primary N) is 1. The molecule has 2 N–H and O–H groups in total. The average molecular weight is 271 g/mol. The number of nitrogens with zero attached hydrogens (tertiary/aromatic N) is 1. The molecule has 0 aliphatic carbocycles. The number of pyridine rings is 1. The van der Waals surface area contributed by atoms with Gasteiger partial charge in [-0.2, -0.15) is 0 Å². The second kappa shape index (κ2) is 4.19. The van der Waals surface area contributed by atoms with Crippen LogP contribution in [-0.2, 0) is 5.33 Å². The number of aromatic nitrogens is 1. The van der Waals surface area contributed by atoms with Crippen molar-refractivity contribution in [3.8, 4) is 0 Å². The summed E-state index contributed by atoms with van der Waals surface area (Å²) in [6.45, 7) is 0. The lowest BCUT2D eigenvalue weighted by Gasteiger charge is -2.08. The monoisotopic (exact) mass is 270 g/mol. The van der Waals surface area contributed by atoms with Gasteiger partial charge in [0, 0.05) is 16.5 Å². The molecule has 0 radical (unpaired) electrons. The molecule has 0 aliphatic heterocycles. The Balaban J connectivity index is 3.29. The minimum atomic E-state index is -2.59. The molecule has 0 unspecified atom stereocenters. The van der Waals surface area contributed by atoms with Crippen molar-refractivity contribution in [2.75, 3.05) is 5.73 Å². The van der Waals surface area contributed by atoms with Gasteiger partial charge < -0.3 is 5.73 Å². The van der Waals surface area contributed by atoms with Crippen LogP contribution in [0.3, 0.4) is 0 Å². The summed E-state index contributed by atoms with van der Waals surface area (Å²) in [5, 5.41) is 0.255. The predicted octanol–water partition coefficient (Wildman–Crippen LogP) is 3.15. The van der Waals surface area contributed by atoms with Crippen molar-refractivity contribution in [1.82, 2.24) is 4.98 Å². The van der Waals surface area contributed by atoms with Gasteiger partial charge in [0.25, 0.3) is 6.43 Å². The van der Waals surface area contributed by atoms with E-state index in [2.05, 4.69) is 20.9 Å². The van der Waals surface area contributed by atoms with E-state index < -0.39 is 6.43 Å². The van der Waals surface area contributed by atoms with Crippen molar-refractivity contribution < 1.29 is 8.78 Å². The number of anilines is 1. The van der Waals surface area contributed by atoms with Crippen molar-refractivity contribution in [2.24, 2.45) is 0 Å². The van der Waals surface area contributed by atoms with Gasteiger partial charge in [0.2, 0.25) is 0 Å². The third kappa shape index (κ3) is 2.28. The molecule has 0 fully saturated rings. The number of hydrogen-bond acceptors (Lipinski definition) is 2. The summed E-state index contributed by atoms with van der Waals surface area (Å²) in [6.07, 6.45) is -2.59. The molecule has 1 rings (SSSR count). The first-order valence-corrected chi connectivity index (χ1v) is 4.85. The van der Waals surface area contributed by atoms with E-state index in [0.717, 1.165) is 6.07 Å². The van der Waals surface area contributed by atoms with E-state index in [1.54, 1.807) is 0 Å². The molecule has 1 aromatic rings. The average Bonchev–Trinajstić information content (AvgIpc) is 2.02. The molecule has 1 heterocycles. The molecular formula is C7H6BrClF2N2. The Hall–Kier alpha value is -0.420. The molecule has 0 spiro atoms. The Kier molecular flexibility index (Phi) is 3.44. The van der Waals surface area contributed by atoms with Gasteiger partial charge in [-0.05, 0) is 6.07 Å². The van der Waals surface area contributed by atoms with Gasteiger partial charge >= 0.3 is 0 Å². The minimum Gasteiger partial charge on any atom is -0.384 e. The standard InChI is InChI=1S/C7H6BrClF2N2/c8-2-4-3(7(10)11)1-5(12)13-6(4)9/h1,7H,2H2,(H2,12,13). The summed E-state index contributed by atoms with van der Waals surface area (Å²) in [5.74, 6) is 0.00463. The molecule has 0 aromatic carbocycles. The Morgan fingerprint density at radius 2 is 2.23 bits per heavy atom. The molecule has 6 heteroatoms. The normalized spacial score (nSPS) is 10.8. The van der Waals surface area contributed by atoms with Crippen molar-refractivity contribution >= 4 is 33.3 Å². The third-order valence-electron chi connectivity index (χ3n) is 1.50. The van der Waals surface area contributed by atoms with E-state index in [4.69, 9.17) is 17.3 Å². The number of rotatable bonds is 2. The van der Waals surface area contributed by atoms with Crippen LogP contribution in [-0.4, -0.2) is 4.98 Å². The van der Waals surface area contributed by atoms with Crippen molar-refractivity contribution in [3.05, 3.63) is 22.3 Å². The fourth-order valence-corrected chi connectivity index (χ4v) is 1.93. The summed E-state index contributed by atoms with van der Waals surface area (Å²) in [4.78, 5) is 3.67. The van der Waals surface area contributed by atoms with Gasteiger partial charge in [0.1, 0.15) is 11.0 Å². The molecule has 0 amide bonds. The molecule has 0 aliphatic rings. The van der Waals surface area contributed by atoms with Gasteiger partial charge in [-0.15, -0.1) is 0 Å². The molecule has 0 atom stereocenters. The number of alkyl halides is 3. The molecule has 0 bridgehead atoms. The Morgan fingerprint density at radius 3 is 2.69 bits per heavy atom. The summed E-state index contributed by atoms with van der Waals surface area (Å²) < 4.78 is 24.8. The van der Waals surface area contributed by atoms with Crippen LogP contribution < -0.4 is 5.73 Å². The fraction of sp³-hybridized carbons (Fsp3) is 0.286. The highest BCUT2D eigenvalue weighted by Crippen LogP contribution is 2.30. The molecular weight excluding hydrogens is 265 g/mol. The summed E-state index contributed by atoms with van der Waals surface area (Å²) in [7, 11) is 0. The first-order chi connectivity index (χ1) is 6.06. The number of hydrogen-bond donors (Lipinski definition) is 1. The lowest BCUT2D eigenvalue weighted by Crippen LogP contribution is -1.99. The highest BCUT2D eigenvalue weighted by Gasteiger charge is 2.16. The summed E-state index contributed by atoms with van der Waals surface area (Å²) >= 11 is 8.68. The molecule has 13 heavy (non-hydrogen) atoms. The minimum absolute atomic E-state index is 0.00463.